The lowest BCUT2D eigenvalue weighted by atomic mass is 10.0. The van der Waals surface area contributed by atoms with E-state index in [1.54, 1.807) is 55.1 Å². The number of carbonyl (C=O) groups is 2. The van der Waals surface area contributed by atoms with Gasteiger partial charge in [-0.05, 0) is 50.5 Å². The van der Waals surface area contributed by atoms with Crippen LogP contribution in [0.4, 0.5) is 0 Å². The topological polar surface area (TPSA) is 79.1 Å². The third kappa shape index (κ3) is 3.82. The van der Waals surface area contributed by atoms with Crippen LogP contribution in [0.25, 0.3) is 17.0 Å². The molecule has 0 bridgehead atoms. The van der Waals surface area contributed by atoms with Crippen LogP contribution in [-0.2, 0) is 22.4 Å². The van der Waals surface area contributed by atoms with E-state index in [2.05, 4.69) is 5.10 Å². The lowest BCUT2D eigenvalue weighted by molar-refractivity contribution is -0.577. The van der Waals surface area contributed by atoms with Crippen molar-refractivity contribution >= 4 is 34.7 Å². The Morgan fingerprint density at radius 1 is 1.00 bits per heavy atom. The fourth-order valence-electron chi connectivity index (χ4n) is 4.10. The molecule has 1 N–H and O–H groups in total. The van der Waals surface area contributed by atoms with E-state index in [9.17, 15) is 14.4 Å². The summed E-state index contributed by atoms with van der Waals surface area (Å²) in [4.78, 5) is 41.8. The zero-order valence-electron chi connectivity index (χ0n) is 19.1. The summed E-state index contributed by atoms with van der Waals surface area (Å²) in [6.45, 7) is 7.50. The predicted molar refractivity (Wildman–Crippen MR) is 127 cm³/mol. The molecule has 1 aliphatic rings. The van der Waals surface area contributed by atoms with Gasteiger partial charge in [0, 0.05) is 28.9 Å². The zero-order chi connectivity index (χ0) is 23.9. The number of amides is 2. The molecule has 33 heavy (non-hydrogen) atoms. The van der Waals surface area contributed by atoms with Crippen LogP contribution in [0, 0.1) is 0 Å². The number of halogens is 1. The summed E-state index contributed by atoms with van der Waals surface area (Å²) in [6.07, 6.45) is 4.84. The van der Waals surface area contributed by atoms with Crippen molar-refractivity contribution in [2.24, 2.45) is 0 Å². The van der Waals surface area contributed by atoms with Crippen molar-refractivity contribution < 1.29 is 14.2 Å². The SMILES string of the molecule is CCc1cc[n+](C2=C(c3c(CC)[nH]n(-c4cccc(Cl)c4)c3=O)C(=O)N(C(C)C)C2=O)cc1. The molecule has 1 aromatic carbocycles. The van der Waals surface area contributed by atoms with Gasteiger partial charge in [-0.1, -0.05) is 31.5 Å². The van der Waals surface area contributed by atoms with Crippen molar-refractivity contribution in [3.63, 3.8) is 0 Å². The first-order valence-corrected chi connectivity index (χ1v) is 11.4. The minimum atomic E-state index is -0.471. The van der Waals surface area contributed by atoms with Gasteiger partial charge in [0.1, 0.15) is 5.57 Å². The normalized spacial score (nSPS) is 14.2. The van der Waals surface area contributed by atoms with Crippen LogP contribution in [-0.4, -0.2) is 32.5 Å². The smallest absolute Gasteiger partial charge is 0.294 e. The molecule has 2 amide bonds. The monoisotopic (exact) mass is 465 g/mol. The number of hydrogen-bond acceptors (Lipinski definition) is 3. The van der Waals surface area contributed by atoms with Gasteiger partial charge in [-0.2, -0.15) is 4.57 Å². The maximum Gasteiger partial charge on any atom is 0.327 e. The molecule has 0 saturated carbocycles. The molecule has 3 aromatic rings. The summed E-state index contributed by atoms with van der Waals surface area (Å²) in [7, 11) is 0. The fourth-order valence-corrected chi connectivity index (χ4v) is 4.29. The zero-order valence-corrected chi connectivity index (χ0v) is 19.8. The number of aromatic nitrogens is 3. The van der Waals surface area contributed by atoms with Crippen molar-refractivity contribution in [1.29, 1.82) is 0 Å². The van der Waals surface area contributed by atoms with Crippen molar-refractivity contribution in [2.75, 3.05) is 0 Å². The molecule has 0 atom stereocenters. The Morgan fingerprint density at radius 3 is 2.27 bits per heavy atom. The molecular formula is C25H26ClN4O3+. The van der Waals surface area contributed by atoms with Crippen molar-refractivity contribution in [1.82, 2.24) is 14.7 Å². The van der Waals surface area contributed by atoms with Crippen LogP contribution in [0.5, 0.6) is 0 Å². The Labute approximate surface area is 196 Å². The van der Waals surface area contributed by atoms with E-state index in [4.69, 9.17) is 11.6 Å². The van der Waals surface area contributed by atoms with E-state index in [-0.39, 0.29) is 22.9 Å². The van der Waals surface area contributed by atoms with Crippen LogP contribution in [0.1, 0.15) is 44.5 Å². The summed E-state index contributed by atoms with van der Waals surface area (Å²) in [5, 5.41) is 3.59. The minimum Gasteiger partial charge on any atom is -0.294 e. The highest BCUT2D eigenvalue weighted by atomic mass is 35.5. The molecule has 0 spiro atoms. The quantitative estimate of drug-likeness (QED) is 0.447. The second-order valence-electron chi connectivity index (χ2n) is 8.20. The number of carbonyl (C=O) groups excluding carboxylic acids is 2. The summed E-state index contributed by atoms with van der Waals surface area (Å²) >= 11 is 6.13. The number of nitrogens with zero attached hydrogens (tertiary/aromatic N) is 3. The third-order valence-corrected chi connectivity index (χ3v) is 6.04. The van der Waals surface area contributed by atoms with Crippen LogP contribution in [0.2, 0.25) is 5.02 Å². The molecular weight excluding hydrogens is 440 g/mol. The van der Waals surface area contributed by atoms with E-state index in [0.717, 1.165) is 12.0 Å². The summed E-state index contributed by atoms with van der Waals surface area (Å²) in [6, 6.07) is 10.3. The number of aryl methyl sites for hydroxylation is 2. The van der Waals surface area contributed by atoms with Crippen molar-refractivity contribution in [3.05, 3.63) is 81.0 Å². The fraction of sp³-hybridized carbons (Fsp3) is 0.280. The second-order valence-corrected chi connectivity index (χ2v) is 8.64. The van der Waals surface area contributed by atoms with E-state index in [0.29, 0.717) is 22.8 Å². The van der Waals surface area contributed by atoms with Gasteiger partial charge in [-0.15, -0.1) is 0 Å². The standard InChI is InChI=1S/C25H25ClN4O3/c1-5-16-10-12-28(13-11-16)22-21(23(31)29(15(3)4)25(22)33)20-19(6-2)27-30(24(20)32)18-9-7-8-17(26)14-18/h7-15H,5-6H2,1-4H3/p+1. The van der Waals surface area contributed by atoms with Gasteiger partial charge in [0.15, 0.2) is 12.4 Å². The third-order valence-electron chi connectivity index (χ3n) is 5.81. The number of benzene rings is 1. The van der Waals surface area contributed by atoms with Crippen LogP contribution >= 0.6 is 11.6 Å². The van der Waals surface area contributed by atoms with Gasteiger partial charge in [-0.3, -0.25) is 24.4 Å². The van der Waals surface area contributed by atoms with Gasteiger partial charge in [-0.25, -0.2) is 4.68 Å². The number of H-pyrrole nitrogens is 1. The molecule has 0 fully saturated rings. The first-order chi connectivity index (χ1) is 15.8. The highest BCUT2D eigenvalue weighted by Crippen LogP contribution is 2.31. The molecule has 0 aliphatic carbocycles. The van der Waals surface area contributed by atoms with Crippen LogP contribution < -0.4 is 10.1 Å². The number of imide groups is 1. The van der Waals surface area contributed by atoms with Gasteiger partial charge in [0.2, 0.25) is 0 Å². The maximum atomic E-state index is 13.6. The molecule has 170 valence electrons. The van der Waals surface area contributed by atoms with Crippen LogP contribution in [0.3, 0.4) is 0 Å². The first-order valence-electron chi connectivity index (χ1n) is 11.0. The average Bonchev–Trinajstić information content (AvgIpc) is 3.26. The summed E-state index contributed by atoms with van der Waals surface area (Å²) in [5.74, 6) is -0.891. The van der Waals surface area contributed by atoms with E-state index < -0.39 is 17.4 Å². The van der Waals surface area contributed by atoms with Crippen molar-refractivity contribution in [3.8, 4) is 5.69 Å². The van der Waals surface area contributed by atoms with E-state index >= 15 is 0 Å². The second kappa shape index (κ2) is 8.83. The lowest BCUT2D eigenvalue weighted by Crippen LogP contribution is -2.42. The largest absolute Gasteiger partial charge is 0.327 e. The highest BCUT2D eigenvalue weighted by Gasteiger charge is 2.48. The molecule has 3 heterocycles. The van der Waals surface area contributed by atoms with Gasteiger partial charge in [0.25, 0.3) is 17.2 Å². The Bertz CT molecular complexity index is 1330. The Balaban J connectivity index is 2.00. The van der Waals surface area contributed by atoms with Crippen molar-refractivity contribution in [2.45, 2.75) is 46.6 Å². The van der Waals surface area contributed by atoms with E-state index in [1.807, 2.05) is 26.0 Å². The van der Waals surface area contributed by atoms with Gasteiger partial charge >= 0.3 is 5.91 Å². The van der Waals surface area contributed by atoms with E-state index in [1.165, 1.54) is 9.58 Å². The van der Waals surface area contributed by atoms with Gasteiger partial charge in [0.05, 0.1) is 11.3 Å². The molecule has 7 nitrogen and oxygen atoms in total. The van der Waals surface area contributed by atoms with Gasteiger partial charge < -0.3 is 0 Å². The summed E-state index contributed by atoms with van der Waals surface area (Å²) < 4.78 is 3.00. The first kappa shape index (κ1) is 22.7. The Morgan fingerprint density at radius 2 is 1.70 bits per heavy atom. The predicted octanol–water partition coefficient (Wildman–Crippen LogP) is 3.38. The molecule has 0 unspecified atom stereocenters. The molecule has 2 aromatic heterocycles. The number of pyridine rings is 1. The number of aromatic amines is 1. The molecule has 0 radical (unpaired) electrons. The average molecular weight is 466 g/mol. The molecule has 1 aliphatic heterocycles. The number of hydrogen-bond donors (Lipinski definition) is 1. The number of nitrogens with one attached hydrogen (secondary N) is 1. The molecule has 8 heteroatoms. The maximum absolute atomic E-state index is 13.6. The molecule has 0 saturated heterocycles. The summed E-state index contributed by atoms with van der Waals surface area (Å²) in [5.41, 5.74) is 2.32. The van der Waals surface area contributed by atoms with Crippen LogP contribution in [0.15, 0.2) is 53.6 Å². The molecule has 4 rings (SSSR count). The Kier molecular flexibility index (Phi) is 6.08. The number of rotatable bonds is 6. The minimum absolute atomic E-state index is 0.113. The lowest BCUT2D eigenvalue weighted by Gasteiger charge is -2.17. The Hall–Kier alpha value is -3.45. The highest BCUT2D eigenvalue weighted by molar-refractivity contribution is 6.44.